The predicted molar refractivity (Wildman–Crippen MR) is 151 cm³/mol. The van der Waals surface area contributed by atoms with Crippen LogP contribution in [0, 0.1) is 46.3 Å². The lowest BCUT2D eigenvalue weighted by Gasteiger charge is -2.61. The van der Waals surface area contributed by atoms with Crippen molar-refractivity contribution in [3.8, 4) is 0 Å². The van der Waals surface area contributed by atoms with Crippen molar-refractivity contribution in [1.29, 1.82) is 0 Å². The molecule has 5 nitrogen and oxygen atoms in total. The molecule has 4 rings (SSSR count). The van der Waals surface area contributed by atoms with Crippen molar-refractivity contribution >= 4 is 5.97 Å². The van der Waals surface area contributed by atoms with Crippen molar-refractivity contribution in [3.63, 3.8) is 0 Å². The third kappa shape index (κ3) is 7.32. The first-order valence-corrected chi connectivity index (χ1v) is 15.1. The molecule has 5 heteroatoms. The van der Waals surface area contributed by atoms with Crippen molar-refractivity contribution in [1.82, 2.24) is 0 Å². The maximum atomic E-state index is 11.1. The van der Waals surface area contributed by atoms with Crippen molar-refractivity contribution in [2.75, 3.05) is 41.4 Å². The van der Waals surface area contributed by atoms with E-state index in [2.05, 4.69) is 55.5 Å². The average Bonchev–Trinajstić information content (AvgIpc) is 3.16. The molecule has 0 bridgehead atoms. The number of carbonyl (C=O) groups is 1. The maximum Gasteiger partial charge on any atom is 0.303 e. The molecule has 214 valence electrons. The van der Waals surface area contributed by atoms with Gasteiger partial charge in [0.05, 0.1) is 47.2 Å². The van der Waals surface area contributed by atoms with Gasteiger partial charge in [0.2, 0.25) is 0 Å². The van der Waals surface area contributed by atoms with Crippen LogP contribution in [0.25, 0.3) is 0 Å². The molecule has 0 aromatic heterocycles. The number of carboxylic acid groups (broad SMARTS) is 1. The lowest BCUT2D eigenvalue weighted by atomic mass is 9.44. The molecule has 0 amide bonds. The predicted octanol–water partition coefficient (Wildman–Crippen LogP) is 7.01. The molecule has 0 aromatic carbocycles. The largest absolute Gasteiger partial charge is 0.499 e. The van der Waals surface area contributed by atoms with Crippen LogP contribution < -0.4 is 0 Å². The molecule has 0 aliphatic heterocycles. The molecule has 0 unspecified atom stereocenters. The number of ether oxygens (including phenoxy) is 2. The Hall–Kier alpha value is -1.07. The minimum absolute atomic E-state index is 0.327. The first kappa shape index (κ1) is 30.5. The molecule has 0 radical (unpaired) electrons. The van der Waals surface area contributed by atoms with Crippen molar-refractivity contribution < 1.29 is 23.9 Å². The number of quaternary nitrogens is 1. The van der Waals surface area contributed by atoms with E-state index >= 15 is 0 Å². The molecule has 9 atom stereocenters. The van der Waals surface area contributed by atoms with Gasteiger partial charge in [-0.3, -0.25) is 4.79 Å². The maximum absolute atomic E-state index is 11.1. The van der Waals surface area contributed by atoms with Gasteiger partial charge in [0.1, 0.15) is 6.61 Å². The Bertz CT molecular complexity index is 756. The topological polar surface area (TPSA) is 55.8 Å². The van der Waals surface area contributed by atoms with Crippen LogP contribution in [0.2, 0.25) is 0 Å². The molecule has 0 aromatic rings. The van der Waals surface area contributed by atoms with Gasteiger partial charge in [-0.1, -0.05) is 27.4 Å². The summed E-state index contributed by atoms with van der Waals surface area (Å²) in [4.78, 5) is 11.1. The number of aliphatic carboxylic acids is 1. The Morgan fingerprint density at radius 2 is 1.65 bits per heavy atom. The van der Waals surface area contributed by atoms with Gasteiger partial charge in [-0.15, -0.1) is 0 Å². The van der Waals surface area contributed by atoms with Crippen LogP contribution >= 0.6 is 0 Å². The summed E-state index contributed by atoms with van der Waals surface area (Å²) in [5.74, 6) is 4.00. The molecule has 4 aliphatic carbocycles. The van der Waals surface area contributed by atoms with Gasteiger partial charge in [0.25, 0.3) is 0 Å². The van der Waals surface area contributed by atoms with Crippen molar-refractivity contribution in [2.24, 2.45) is 46.3 Å². The zero-order valence-electron chi connectivity index (χ0n) is 25.1. The lowest BCUT2D eigenvalue weighted by Crippen LogP contribution is -2.54. The van der Waals surface area contributed by atoms with Crippen molar-refractivity contribution in [2.45, 2.75) is 97.5 Å². The van der Waals surface area contributed by atoms with Crippen LogP contribution in [0.4, 0.5) is 0 Å². The fourth-order valence-electron chi connectivity index (χ4n) is 9.24. The third-order valence-corrected chi connectivity index (χ3v) is 10.9. The van der Waals surface area contributed by atoms with Crippen molar-refractivity contribution in [3.05, 3.63) is 12.8 Å². The fourth-order valence-corrected chi connectivity index (χ4v) is 9.24. The second kappa shape index (κ2) is 12.4. The zero-order valence-corrected chi connectivity index (χ0v) is 25.1. The highest BCUT2D eigenvalue weighted by atomic mass is 16.5. The quantitative estimate of drug-likeness (QED) is 0.202. The van der Waals surface area contributed by atoms with Gasteiger partial charge in [0, 0.05) is 6.42 Å². The summed E-state index contributed by atoms with van der Waals surface area (Å²) >= 11 is 0. The fraction of sp³-hybridized carbons (Fsp3) is 0.906. The standard InChI is InChI=1S/C28H46O4.C4H12N/c1-5-31-16-17-32-21-12-14-27(3)20(18-21)7-8-22-24-10-9-23(19(2)6-11-26(29)30)28(24,4)15-13-25(22)27;1-5(2,3)4/h5,19-25H,1,6-18H2,2-4H3,(H,29,30);1-4H3/q;+1/t19-,20-,21-,22+,23-,24+,25+,27+,28-;/m1./s1. The minimum atomic E-state index is -0.640. The zero-order chi connectivity index (χ0) is 27.4. The molecular weight excluding hydrogens is 462 g/mol. The number of hydrogen-bond donors (Lipinski definition) is 1. The van der Waals surface area contributed by atoms with E-state index in [1.807, 2.05) is 0 Å². The van der Waals surface area contributed by atoms with Crippen LogP contribution in [0.15, 0.2) is 12.8 Å². The van der Waals surface area contributed by atoms with E-state index in [1.54, 1.807) is 0 Å². The first-order chi connectivity index (χ1) is 17.3. The highest BCUT2D eigenvalue weighted by Gasteiger charge is 2.60. The molecule has 4 fully saturated rings. The molecule has 37 heavy (non-hydrogen) atoms. The van der Waals surface area contributed by atoms with Crippen LogP contribution in [-0.4, -0.2) is 63.1 Å². The molecule has 0 spiro atoms. The van der Waals surface area contributed by atoms with E-state index in [0.29, 0.717) is 48.4 Å². The Morgan fingerprint density at radius 1 is 1.00 bits per heavy atom. The van der Waals surface area contributed by atoms with Crippen LogP contribution in [0.5, 0.6) is 0 Å². The van der Waals surface area contributed by atoms with E-state index in [4.69, 9.17) is 14.6 Å². The third-order valence-electron chi connectivity index (χ3n) is 10.9. The van der Waals surface area contributed by atoms with Crippen LogP contribution in [0.1, 0.15) is 91.4 Å². The summed E-state index contributed by atoms with van der Waals surface area (Å²) in [6.07, 6.45) is 15.0. The van der Waals surface area contributed by atoms with Gasteiger partial charge in [-0.2, -0.15) is 0 Å². The summed E-state index contributed by atoms with van der Waals surface area (Å²) in [6, 6.07) is 0. The molecule has 1 N–H and O–H groups in total. The van der Waals surface area contributed by atoms with E-state index in [0.717, 1.165) is 34.6 Å². The van der Waals surface area contributed by atoms with E-state index in [-0.39, 0.29) is 0 Å². The Morgan fingerprint density at radius 3 is 2.30 bits per heavy atom. The van der Waals surface area contributed by atoms with E-state index in [9.17, 15) is 4.79 Å². The second-order valence-electron chi connectivity index (χ2n) is 14.8. The normalized spacial score (nSPS) is 39.8. The van der Waals surface area contributed by atoms with Crippen LogP contribution in [0.3, 0.4) is 0 Å². The Labute approximate surface area is 227 Å². The highest BCUT2D eigenvalue weighted by Crippen LogP contribution is 2.68. The minimum Gasteiger partial charge on any atom is -0.499 e. The number of carboxylic acids is 1. The van der Waals surface area contributed by atoms with E-state index in [1.165, 1.54) is 64.0 Å². The SMILES string of the molecule is C=COCCO[C@@H]1CC[C@@]2(C)[C@H](CC[C@@H]3[C@@H]2CC[C@]2(C)[C@@H]([C@H](C)CCC(=O)O)CC[C@@H]32)C1.C[N+](C)(C)C. The van der Waals surface area contributed by atoms with Gasteiger partial charge >= 0.3 is 5.97 Å². The highest BCUT2D eigenvalue weighted by molar-refractivity contribution is 5.66. The van der Waals surface area contributed by atoms with Gasteiger partial charge < -0.3 is 19.1 Å². The molecule has 0 heterocycles. The Balaban J connectivity index is 0.000000695. The summed E-state index contributed by atoms with van der Waals surface area (Å²) in [5, 5.41) is 9.17. The van der Waals surface area contributed by atoms with Crippen LogP contribution in [-0.2, 0) is 14.3 Å². The molecular formula is C32H58NO4+. The summed E-state index contributed by atoms with van der Waals surface area (Å²) in [5.41, 5.74) is 0.905. The smallest absolute Gasteiger partial charge is 0.303 e. The second-order valence-corrected chi connectivity index (χ2v) is 14.8. The summed E-state index contributed by atoms with van der Waals surface area (Å²) in [7, 11) is 8.50. The van der Waals surface area contributed by atoms with Gasteiger partial charge in [0.15, 0.2) is 0 Å². The molecule has 4 aliphatic rings. The number of rotatable bonds is 9. The average molecular weight is 521 g/mol. The first-order valence-electron chi connectivity index (χ1n) is 15.1. The lowest BCUT2D eigenvalue weighted by molar-refractivity contribution is -0.849. The van der Waals surface area contributed by atoms with E-state index < -0.39 is 5.97 Å². The number of nitrogens with zero attached hydrogens (tertiary/aromatic N) is 1. The number of hydrogen-bond acceptors (Lipinski definition) is 3. The van der Waals surface area contributed by atoms with Gasteiger partial charge in [-0.05, 0) is 111 Å². The molecule has 0 saturated heterocycles. The number of fused-ring (bicyclic) bond motifs is 5. The Kier molecular flexibility index (Phi) is 10.2. The summed E-state index contributed by atoms with van der Waals surface area (Å²) < 4.78 is 12.4. The monoisotopic (exact) mass is 520 g/mol. The molecule has 4 saturated carbocycles. The van der Waals surface area contributed by atoms with Gasteiger partial charge in [-0.25, -0.2) is 0 Å². The summed E-state index contributed by atoms with van der Waals surface area (Å²) in [6.45, 7) is 12.4.